The van der Waals surface area contributed by atoms with E-state index in [0.717, 1.165) is 7.11 Å². The second-order valence-corrected chi connectivity index (χ2v) is 8.32. The van der Waals surface area contributed by atoms with Crippen molar-refractivity contribution in [3.63, 3.8) is 0 Å². The number of benzene rings is 1. The van der Waals surface area contributed by atoms with Gasteiger partial charge in [0.25, 0.3) is 0 Å². The Morgan fingerprint density at radius 3 is 2.53 bits per heavy atom. The first-order chi connectivity index (χ1) is 17.9. The Morgan fingerprint density at radius 2 is 1.95 bits per heavy atom. The molecule has 15 nitrogen and oxygen atoms in total. The van der Waals surface area contributed by atoms with Gasteiger partial charge in [-0.25, -0.2) is 4.79 Å². The summed E-state index contributed by atoms with van der Waals surface area (Å²) < 4.78 is 4.64. The number of aldehydes is 1. The number of carboxylic acid groups (broad SMARTS) is 1. The van der Waals surface area contributed by atoms with Gasteiger partial charge in [-0.05, 0) is 30.9 Å². The van der Waals surface area contributed by atoms with Gasteiger partial charge in [-0.3, -0.25) is 24.8 Å². The van der Waals surface area contributed by atoms with E-state index >= 15 is 0 Å². The number of amidine groups is 1. The van der Waals surface area contributed by atoms with Crippen molar-refractivity contribution in [3.05, 3.63) is 35.4 Å². The first-order valence-electron chi connectivity index (χ1n) is 11.5. The number of alkyl carbamates (subject to hydrolysis) is 1. The third kappa shape index (κ3) is 10.9. The molecule has 2 unspecified atom stereocenters. The van der Waals surface area contributed by atoms with Gasteiger partial charge < -0.3 is 47.8 Å². The highest BCUT2D eigenvalue weighted by molar-refractivity contribution is 5.96. The Kier molecular flexibility index (Phi) is 12.7. The number of ether oxygens (including phenoxy) is 1. The summed E-state index contributed by atoms with van der Waals surface area (Å²) in [6, 6.07) is 5.44. The van der Waals surface area contributed by atoms with E-state index in [1.165, 1.54) is 6.07 Å². The van der Waals surface area contributed by atoms with E-state index in [1.807, 2.05) is 0 Å². The predicted molar refractivity (Wildman–Crippen MR) is 137 cm³/mol. The number of hydrogen-bond donors (Lipinski definition) is 8. The second-order valence-electron chi connectivity index (χ2n) is 8.32. The molecule has 0 aliphatic rings. The quantitative estimate of drug-likeness (QED) is 0.0517. The summed E-state index contributed by atoms with van der Waals surface area (Å²) in [5, 5.41) is 24.1. The summed E-state index contributed by atoms with van der Waals surface area (Å²) in [5.41, 5.74) is 15.0. The van der Waals surface area contributed by atoms with Crippen molar-refractivity contribution in [1.82, 2.24) is 16.0 Å². The van der Waals surface area contributed by atoms with Gasteiger partial charge in [-0.2, -0.15) is 0 Å². The van der Waals surface area contributed by atoms with Crippen LogP contribution in [-0.2, 0) is 30.3 Å². The molecule has 0 aromatic heterocycles. The molecule has 0 saturated carbocycles. The van der Waals surface area contributed by atoms with Crippen molar-refractivity contribution in [3.8, 4) is 0 Å². The molecule has 208 valence electrons. The van der Waals surface area contributed by atoms with E-state index < -0.39 is 48.4 Å². The Hall–Kier alpha value is -4.69. The zero-order chi connectivity index (χ0) is 28.7. The first kappa shape index (κ1) is 31.3. The summed E-state index contributed by atoms with van der Waals surface area (Å²) in [4.78, 5) is 64.4. The number of nitrogens with zero attached hydrogens (tertiary/aromatic N) is 1. The number of nitrogens with one attached hydrogen (secondary N) is 4. The SMILES string of the molecule is COC(=O)NC(CCC(=O)O)(Cc1cccc(C(=N)N)c1)C(=O)NCC(=O)NC(C=O)CCCN=C(N)N. The number of rotatable bonds is 16. The lowest BCUT2D eigenvalue weighted by Crippen LogP contribution is -2.61. The van der Waals surface area contributed by atoms with Gasteiger partial charge in [-0.1, -0.05) is 18.2 Å². The molecule has 0 saturated heterocycles. The number of carboxylic acids is 1. The van der Waals surface area contributed by atoms with E-state index in [-0.39, 0.29) is 37.6 Å². The molecule has 0 aliphatic carbocycles. The van der Waals surface area contributed by atoms with Gasteiger partial charge in [0.05, 0.1) is 19.7 Å². The number of guanidine groups is 1. The second kappa shape index (κ2) is 15.4. The van der Waals surface area contributed by atoms with Crippen LogP contribution in [-0.4, -0.2) is 78.8 Å². The number of aliphatic imine (C=N–C) groups is 1. The lowest BCUT2D eigenvalue weighted by Gasteiger charge is -2.33. The molecule has 0 aliphatic heterocycles. The molecule has 2 atom stereocenters. The number of nitrogen functional groups attached to an aromatic ring is 1. The van der Waals surface area contributed by atoms with Gasteiger partial charge >= 0.3 is 12.1 Å². The Morgan fingerprint density at radius 1 is 1.24 bits per heavy atom. The molecular weight excluding hydrogens is 500 g/mol. The number of carbonyl (C=O) groups is 5. The first-order valence-corrected chi connectivity index (χ1v) is 11.5. The number of nitrogens with two attached hydrogens (primary N) is 3. The summed E-state index contributed by atoms with van der Waals surface area (Å²) in [6.07, 6.45) is -0.859. The summed E-state index contributed by atoms with van der Waals surface area (Å²) >= 11 is 0. The highest BCUT2D eigenvalue weighted by Crippen LogP contribution is 2.22. The largest absolute Gasteiger partial charge is 0.481 e. The van der Waals surface area contributed by atoms with Gasteiger partial charge in [0.2, 0.25) is 11.8 Å². The highest BCUT2D eigenvalue weighted by Gasteiger charge is 2.41. The van der Waals surface area contributed by atoms with Crippen LogP contribution >= 0.6 is 0 Å². The normalized spacial score (nSPS) is 12.7. The molecule has 0 radical (unpaired) electrons. The summed E-state index contributed by atoms with van der Waals surface area (Å²) in [7, 11) is 1.08. The molecule has 0 fully saturated rings. The lowest BCUT2D eigenvalue weighted by atomic mass is 9.84. The van der Waals surface area contributed by atoms with E-state index in [4.69, 9.17) is 22.6 Å². The molecule has 1 aromatic rings. The van der Waals surface area contributed by atoms with Crippen LogP contribution in [0.4, 0.5) is 4.79 Å². The molecular formula is C23H34N8O7. The Labute approximate surface area is 219 Å². The molecule has 0 heterocycles. The fraction of sp³-hybridized carbons (Fsp3) is 0.435. The van der Waals surface area contributed by atoms with Crippen LogP contribution in [0.2, 0.25) is 0 Å². The minimum atomic E-state index is -1.84. The van der Waals surface area contributed by atoms with Crippen LogP contribution in [0.15, 0.2) is 29.3 Å². The Bertz CT molecular complexity index is 1060. The van der Waals surface area contributed by atoms with Crippen LogP contribution in [0.25, 0.3) is 0 Å². The van der Waals surface area contributed by atoms with Crippen LogP contribution in [0.3, 0.4) is 0 Å². The molecule has 38 heavy (non-hydrogen) atoms. The maximum Gasteiger partial charge on any atom is 0.407 e. The van der Waals surface area contributed by atoms with Crippen LogP contribution in [0, 0.1) is 5.41 Å². The average molecular weight is 535 g/mol. The minimum absolute atomic E-state index is 0.0978. The maximum absolute atomic E-state index is 13.4. The van der Waals surface area contributed by atoms with Crippen LogP contribution < -0.4 is 33.2 Å². The molecule has 1 rings (SSSR count). The lowest BCUT2D eigenvalue weighted by molar-refractivity contribution is -0.138. The van der Waals surface area contributed by atoms with Gasteiger partial charge in [0.15, 0.2) is 5.96 Å². The topological polar surface area (TPSA) is 265 Å². The standard InChI is InChI=1S/C23H34N8O7/c1-38-22(37)31-23(8-7-18(34)35,11-14-4-2-5-15(10-14)19(24)25)20(36)29-12-17(33)30-16(13-32)6-3-9-28-21(26)27/h2,4-5,10,13,16H,3,6-9,11-12H2,1H3,(H3,24,25)(H,29,36)(H,30,33)(H,31,37)(H,34,35)(H4,26,27,28). The molecule has 0 bridgehead atoms. The van der Waals surface area contributed by atoms with Crippen LogP contribution in [0.1, 0.15) is 36.8 Å². The number of methoxy groups -OCH3 is 1. The van der Waals surface area contributed by atoms with E-state index in [0.29, 0.717) is 23.8 Å². The summed E-state index contributed by atoms with van der Waals surface area (Å²) in [5.74, 6) is -3.10. The molecule has 1 aromatic carbocycles. The van der Waals surface area contributed by atoms with Crippen LogP contribution in [0.5, 0.6) is 0 Å². The fourth-order valence-electron chi connectivity index (χ4n) is 3.49. The number of aliphatic carboxylic acids is 1. The predicted octanol–water partition coefficient (Wildman–Crippen LogP) is -1.67. The van der Waals surface area contributed by atoms with Crippen molar-refractivity contribution in [2.24, 2.45) is 22.2 Å². The van der Waals surface area contributed by atoms with Crippen molar-refractivity contribution >= 4 is 42.0 Å². The number of hydrogen-bond acceptors (Lipinski definition) is 8. The molecule has 15 heteroatoms. The Balaban J connectivity index is 3.09. The van der Waals surface area contributed by atoms with Gasteiger partial charge in [0, 0.05) is 24.9 Å². The highest BCUT2D eigenvalue weighted by atomic mass is 16.5. The van der Waals surface area contributed by atoms with E-state index in [9.17, 15) is 29.1 Å². The molecule has 0 spiro atoms. The molecule has 11 N–H and O–H groups in total. The average Bonchev–Trinajstić information content (AvgIpc) is 2.87. The number of carbonyl (C=O) groups excluding carboxylic acids is 4. The molecule has 3 amide bonds. The number of amides is 3. The van der Waals surface area contributed by atoms with Gasteiger partial charge in [-0.15, -0.1) is 0 Å². The van der Waals surface area contributed by atoms with Crippen molar-refractivity contribution in [2.45, 2.75) is 43.7 Å². The third-order valence-corrected chi connectivity index (χ3v) is 5.36. The zero-order valence-electron chi connectivity index (χ0n) is 21.0. The van der Waals surface area contributed by atoms with Crippen molar-refractivity contribution in [2.75, 3.05) is 20.2 Å². The third-order valence-electron chi connectivity index (χ3n) is 5.36. The fourth-order valence-corrected chi connectivity index (χ4v) is 3.49. The summed E-state index contributed by atoms with van der Waals surface area (Å²) in [6.45, 7) is -0.308. The van der Waals surface area contributed by atoms with Crippen molar-refractivity contribution < 1.29 is 33.8 Å². The maximum atomic E-state index is 13.4. The monoisotopic (exact) mass is 534 g/mol. The van der Waals surface area contributed by atoms with Gasteiger partial charge in [0.1, 0.15) is 17.7 Å². The van der Waals surface area contributed by atoms with E-state index in [2.05, 4.69) is 25.7 Å². The minimum Gasteiger partial charge on any atom is -0.481 e. The smallest absolute Gasteiger partial charge is 0.407 e. The van der Waals surface area contributed by atoms with E-state index in [1.54, 1.807) is 18.2 Å². The van der Waals surface area contributed by atoms with Crippen molar-refractivity contribution in [1.29, 1.82) is 5.41 Å². The zero-order valence-corrected chi connectivity index (χ0v) is 21.0.